The minimum Gasteiger partial charge on any atom is -0.316 e. The van der Waals surface area contributed by atoms with Crippen molar-refractivity contribution >= 4 is 0 Å². The lowest BCUT2D eigenvalue weighted by Gasteiger charge is -2.27. The molecule has 1 aliphatic heterocycles. The second-order valence-corrected chi connectivity index (χ2v) is 4.86. The van der Waals surface area contributed by atoms with Crippen LogP contribution < -0.4 is 5.32 Å². The van der Waals surface area contributed by atoms with E-state index in [0.29, 0.717) is 0 Å². The zero-order chi connectivity index (χ0) is 11.4. The molecule has 0 amide bonds. The minimum atomic E-state index is 0.812. The second kappa shape index (κ2) is 5.46. The summed E-state index contributed by atoms with van der Waals surface area (Å²) in [6.07, 6.45) is 4.55. The van der Waals surface area contributed by atoms with Crippen molar-refractivity contribution in [2.75, 3.05) is 26.7 Å². The molecule has 1 fully saturated rings. The topological polar surface area (TPSA) is 33.1 Å². The Morgan fingerprint density at radius 1 is 1.62 bits per heavy atom. The standard InChI is InChI=1S/C12H22N4/c1-15(9-11-4-3-6-13-8-11)10-12-5-7-14-16(12)2/h5,7,11,13H,3-4,6,8-10H2,1-2H3. The molecule has 16 heavy (non-hydrogen) atoms. The van der Waals surface area contributed by atoms with Gasteiger partial charge in [-0.3, -0.25) is 4.68 Å². The number of nitrogens with zero attached hydrogens (tertiary/aromatic N) is 3. The number of rotatable bonds is 4. The van der Waals surface area contributed by atoms with Crippen molar-refractivity contribution in [3.8, 4) is 0 Å². The van der Waals surface area contributed by atoms with E-state index in [1.54, 1.807) is 0 Å². The molecule has 0 bridgehead atoms. The van der Waals surface area contributed by atoms with Crippen molar-refractivity contribution in [2.24, 2.45) is 13.0 Å². The van der Waals surface area contributed by atoms with Crippen LogP contribution in [0.15, 0.2) is 12.3 Å². The zero-order valence-corrected chi connectivity index (χ0v) is 10.3. The third-order valence-corrected chi connectivity index (χ3v) is 3.32. The van der Waals surface area contributed by atoms with Crippen LogP contribution in [0.1, 0.15) is 18.5 Å². The van der Waals surface area contributed by atoms with Crippen molar-refractivity contribution in [2.45, 2.75) is 19.4 Å². The van der Waals surface area contributed by atoms with E-state index < -0.39 is 0 Å². The maximum absolute atomic E-state index is 4.19. The Morgan fingerprint density at radius 3 is 3.12 bits per heavy atom. The highest BCUT2D eigenvalue weighted by molar-refractivity contribution is 4.99. The third kappa shape index (κ3) is 3.06. The maximum Gasteiger partial charge on any atom is 0.0520 e. The molecule has 0 radical (unpaired) electrons. The van der Waals surface area contributed by atoms with Gasteiger partial charge in [-0.05, 0) is 45.0 Å². The minimum absolute atomic E-state index is 0.812. The van der Waals surface area contributed by atoms with Gasteiger partial charge in [-0.1, -0.05) is 0 Å². The number of aromatic nitrogens is 2. The van der Waals surface area contributed by atoms with Crippen LogP contribution in [0.2, 0.25) is 0 Å². The molecule has 0 spiro atoms. The summed E-state index contributed by atoms with van der Waals surface area (Å²) in [6, 6.07) is 2.09. The van der Waals surface area contributed by atoms with Crippen molar-refractivity contribution in [3.63, 3.8) is 0 Å². The quantitative estimate of drug-likeness (QED) is 0.820. The Morgan fingerprint density at radius 2 is 2.50 bits per heavy atom. The van der Waals surface area contributed by atoms with Gasteiger partial charge >= 0.3 is 0 Å². The molecule has 1 atom stereocenters. The lowest BCUT2D eigenvalue weighted by Crippen LogP contribution is -2.36. The van der Waals surface area contributed by atoms with Gasteiger partial charge < -0.3 is 10.2 Å². The molecule has 1 unspecified atom stereocenters. The van der Waals surface area contributed by atoms with Gasteiger partial charge in [-0.15, -0.1) is 0 Å². The van der Waals surface area contributed by atoms with Gasteiger partial charge in [0, 0.05) is 26.3 Å². The predicted octanol–water partition coefficient (Wildman–Crippen LogP) is 0.851. The number of piperidine rings is 1. The van der Waals surface area contributed by atoms with Crippen molar-refractivity contribution in [1.82, 2.24) is 20.0 Å². The maximum atomic E-state index is 4.19. The Balaban J connectivity index is 1.79. The van der Waals surface area contributed by atoms with Crippen LogP contribution in [-0.4, -0.2) is 41.4 Å². The van der Waals surface area contributed by atoms with E-state index in [0.717, 1.165) is 12.5 Å². The molecule has 1 saturated heterocycles. The summed E-state index contributed by atoms with van der Waals surface area (Å²) in [6.45, 7) is 4.54. The molecule has 1 N–H and O–H groups in total. The highest BCUT2D eigenvalue weighted by Gasteiger charge is 2.15. The Labute approximate surface area is 97.6 Å². The van der Waals surface area contributed by atoms with Crippen LogP contribution in [0.25, 0.3) is 0 Å². The summed E-state index contributed by atoms with van der Waals surface area (Å²) in [5.41, 5.74) is 1.28. The molecule has 0 saturated carbocycles. The summed E-state index contributed by atoms with van der Waals surface area (Å²) < 4.78 is 1.95. The van der Waals surface area contributed by atoms with E-state index in [-0.39, 0.29) is 0 Å². The van der Waals surface area contributed by atoms with Gasteiger partial charge in [-0.25, -0.2) is 0 Å². The fourth-order valence-corrected chi connectivity index (χ4v) is 2.42. The highest BCUT2D eigenvalue weighted by atomic mass is 15.3. The molecule has 2 rings (SSSR count). The zero-order valence-electron chi connectivity index (χ0n) is 10.3. The summed E-state index contributed by atoms with van der Waals surface area (Å²) in [5.74, 6) is 0.812. The van der Waals surface area contributed by atoms with Crippen LogP contribution in [0.5, 0.6) is 0 Å². The molecule has 1 aromatic rings. The van der Waals surface area contributed by atoms with E-state index >= 15 is 0 Å². The van der Waals surface area contributed by atoms with Crippen molar-refractivity contribution in [3.05, 3.63) is 18.0 Å². The Bertz CT molecular complexity index is 315. The van der Waals surface area contributed by atoms with Crippen LogP contribution in [-0.2, 0) is 13.6 Å². The van der Waals surface area contributed by atoms with Crippen LogP contribution >= 0.6 is 0 Å². The average molecular weight is 222 g/mol. The lowest BCUT2D eigenvalue weighted by atomic mass is 9.99. The summed E-state index contributed by atoms with van der Waals surface area (Å²) in [5, 5.41) is 7.66. The largest absolute Gasteiger partial charge is 0.316 e. The molecule has 0 aliphatic carbocycles. The first-order valence-electron chi connectivity index (χ1n) is 6.12. The third-order valence-electron chi connectivity index (χ3n) is 3.32. The lowest BCUT2D eigenvalue weighted by molar-refractivity contribution is 0.233. The van der Waals surface area contributed by atoms with Crippen molar-refractivity contribution < 1.29 is 0 Å². The van der Waals surface area contributed by atoms with Gasteiger partial charge in [-0.2, -0.15) is 5.10 Å². The molecule has 2 heterocycles. The first-order valence-corrected chi connectivity index (χ1v) is 6.12. The molecule has 1 aliphatic rings. The van der Waals surface area contributed by atoms with Crippen molar-refractivity contribution in [1.29, 1.82) is 0 Å². The van der Waals surface area contributed by atoms with Gasteiger partial charge in [0.15, 0.2) is 0 Å². The molecule has 90 valence electrons. The first kappa shape index (κ1) is 11.6. The number of hydrogen-bond donors (Lipinski definition) is 1. The molecule has 0 aromatic carbocycles. The van der Waals surface area contributed by atoms with E-state index in [4.69, 9.17) is 0 Å². The van der Waals surface area contributed by atoms with E-state index in [1.165, 1.54) is 38.2 Å². The summed E-state index contributed by atoms with van der Waals surface area (Å²) in [7, 11) is 4.20. The normalized spacial score (nSPS) is 21.6. The fourth-order valence-electron chi connectivity index (χ4n) is 2.42. The van der Waals surface area contributed by atoms with E-state index in [9.17, 15) is 0 Å². The number of hydrogen-bond acceptors (Lipinski definition) is 3. The summed E-state index contributed by atoms with van der Waals surface area (Å²) >= 11 is 0. The van der Waals surface area contributed by atoms with Crippen LogP contribution in [0, 0.1) is 5.92 Å². The number of aryl methyl sites for hydroxylation is 1. The smallest absolute Gasteiger partial charge is 0.0520 e. The molecule has 4 nitrogen and oxygen atoms in total. The first-order chi connectivity index (χ1) is 7.75. The van der Waals surface area contributed by atoms with E-state index in [2.05, 4.69) is 28.4 Å². The van der Waals surface area contributed by atoms with E-state index in [1.807, 2.05) is 17.9 Å². The Kier molecular flexibility index (Phi) is 3.96. The average Bonchev–Trinajstić information content (AvgIpc) is 2.66. The van der Waals surface area contributed by atoms with Crippen LogP contribution in [0.3, 0.4) is 0 Å². The highest BCUT2D eigenvalue weighted by Crippen LogP contribution is 2.12. The van der Waals surface area contributed by atoms with Gasteiger partial charge in [0.2, 0.25) is 0 Å². The Hall–Kier alpha value is -0.870. The van der Waals surface area contributed by atoms with Gasteiger partial charge in [0.1, 0.15) is 0 Å². The van der Waals surface area contributed by atoms with Crippen LogP contribution in [0.4, 0.5) is 0 Å². The molecular formula is C12H22N4. The fraction of sp³-hybridized carbons (Fsp3) is 0.750. The SMILES string of the molecule is CN(Cc1ccnn1C)CC1CCCNC1. The monoisotopic (exact) mass is 222 g/mol. The second-order valence-electron chi connectivity index (χ2n) is 4.86. The molecule has 1 aromatic heterocycles. The number of nitrogens with one attached hydrogen (secondary N) is 1. The van der Waals surface area contributed by atoms with Gasteiger partial charge in [0.05, 0.1) is 5.69 Å². The van der Waals surface area contributed by atoms with Gasteiger partial charge in [0.25, 0.3) is 0 Å². The molecular weight excluding hydrogens is 200 g/mol. The predicted molar refractivity (Wildman–Crippen MR) is 65.1 cm³/mol. The molecule has 4 heteroatoms. The summed E-state index contributed by atoms with van der Waals surface area (Å²) in [4.78, 5) is 2.40.